The molecule has 8 nitrogen and oxygen atoms in total. The van der Waals surface area contributed by atoms with Crippen molar-refractivity contribution in [2.24, 2.45) is 0 Å². The Balaban J connectivity index is 1.87. The second-order valence-corrected chi connectivity index (χ2v) is 6.39. The largest absolute Gasteiger partial charge is 0.310 e. The Bertz CT molecular complexity index is 545. The number of hydrogen-bond acceptors (Lipinski definition) is 8. The number of hydrogen-bond donors (Lipinski definition) is 1. The van der Waals surface area contributed by atoms with Gasteiger partial charge in [0.2, 0.25) is 5.16 Å². The first kappa shape index (κ1) is 14.9. The van der Waals surface area contributed by atoms with E-state index in [2.05, 4.69) is 56.6 Å². The van der Waals surface area contributed by atoms with Gasteiger partial charge in [0.15, 0.2) is 0 Å². The number of nitrogens with one attached hydrogen (secondary N) is 1. The maximum atomic E-state index is 4.67. The number of tetrazole rings is 1. The van der Waals surface area contributed by atoms with Crippen molar-refractivity contribution in [3.8, 4) is 0 Å². The molecular weight excluding hydrogens is 278 g/mol. The Hall–Kier alpha value is -1.48. The summed E-state index contributed by atoms with van der Waals surface area (Å²) in [6.45, 7) is 9.78. The second-order valence-electron chi connectivity index (χ2n) is 5.45. The van der Waals surface area contributed by atoms with Crippen LogP contribution in [0.4, 0.5) is 0 Å². The van der Waals surface area contributed by atoms with Crippen LogP contribution >= 0.6 is 11.8 Å². The van der Waals surface area contributed by atoms with Gasteiger partial charge in [-0.05, 0) is 38.1 Å². The van der Waals surface area contributed by atoms with Crippen molar-refractivity contribution in [2.75, 3.05) is 6.54 Å². The number of nitrogens with zero attached hydrogens (tertiary/aromatic N) is 6. The third kappa shape index (κ3) is 4.27. The van der Waals surface area contributed by atoms with Crippen LogP contribution in [0.5, 0.6) is 0 Å². The lowest BCUT2D eigenvalue weighted by molar-refractivity contribution is 0.302. The van der Waals surface area contributed by atoms with E-state index in [1.807, 2.05) is 6.92 Å². The molecule has 0 atom stereocenters. The molecule has 0 aliphatic rings. The lowest BCUT2D eigenvalue weighted by Crippen LogP contribution is -2.38. The van der Waals surface area contributed by atoms with Crippen LogP contribution in [0.15, 0.2) is 9.79 Å². The lowest BCUT2D eigenvalue weighted by atomic mass is 10.1. The van der Waals surface area contributed by atoms with Crippen molar-refractivity contribution < 1.29 is 4.63 Å². The molecule has 0 amide bonds. The van der Waals surface area contributed by atoms with E-state index < -0.39 is 0 Å². The molecule has 0 bridgehead atoms. The predicted octanol–water partition coefficient (Wildman–Crippen LogP) is 1.04. The van der Waals surface area contributed by atoms with E-state index in [9.17, 15) is 0 Å². The first-order chi connectivity index (χ1) is 9.46. The molecule has 0 aliphatic carbocycles. The minimum atomic E-state index is 0.0881. The van der Waals surface area contributed by atoms with Crippen LogP contribution in [0.2, 0.25) is 0 Å². The third-order valence-electron chi connectivity index (χ3n) is 2.56. The molecule has 0 radical (unpaired) electrons. The van der Waals surface area contributed by atoms with Gasteiger partial charge in [-0.2, -0.15) is 0 Å². The quantitative estimate of drug-likeness (QED) is 0.790. The van der Waals surface area contributed by atoms with Gasteiger partial charge < -0.3 is 5.32 Å². The summed E-state index contributed by atoms with van der Waals surface area (Å²) >= 11 is 1.52. The summed E-state index contributed by atoms with van der Waals surface area (Å²) in [4.78, 5) is 0. The van der Waals surface area contributed by atoms with Gasteiger partial charge >= 0.3 is 0 Å². The van der Waals surface area contributed by atoms with Gasteiger partial charge in [-0.25, -0.2) is 9.31 Å². The fraction of sp³-hybridized carbons (Fsp3) is 0.727. The van der Waals surface area contributed by atoms with Crippen LogP contribution in [-0.4, -0.2) is 42.6 Å². The highest BCUT2D eigenvalue weighted by atomic mass is 32.2. The summed E-state index contributed by atoms with van der Waals surface area (Å²) in [6.07, 6.45) is 0. The normalized spacial score (nSPS) is 12.0. The van der Waals surface area contributed by atoms with E-state index in [0.717, 1.165) is 29.6 Å². The van der Waals surface area contributed by atoms with Crippen LogP contribution in [-0.2, 0) is 12.3 Å². The summed E-state index contributed by atoms with van der Waals surface area (Å²) < 4.78 is 6.45. The standard InChI is InChI=1S/C11H19N7OS/c1-8-9(15-19-14-8)7-20-10-13-16-17-18(10)6-5-12-11(2,3)4/h12H,5-7H2,1-4H3. The van der Waals surface area contributed by atoms with E-state index in [0.29, 0.717) is 5.75 Å². The minimum Gasteiger partial charge on any atom is -0.310 e. The number of aromatic nitrogens is 6. The Morgan fingerprint density at radius 3 is 2.75 bits per heavy atom. The Labute approximate surface area is 121 Å². The van der Waals surface area contributed by atoms with Crippen LogP contribution in [0.25, 0.3) is 0 Å². The van der Waals surface area contributed by atoms with Gasteiger partial charge in [0.1, 0.15) is 11.4 Å². The molecule has 2 aromatic heterocycles. The summed E-state index contributed by atoms with van der Waals surface area (Å²) in [6, 6.07) is 0. The highest BCUT2D eigenvalue weighted by Crippen LogP contribution is 2.19. The van der Waals surface area contributed by atoms with E-state index in [1.165, 1.54) is 11.8 Å². The molecule has 1 N–H and O–H groups in total. The molecule has 0 saturated carbocycles. The zero-order valence-electron chi connectivity index (χ0n) is 12.1. The van der Waals surface area contributed by atoms with Crippen LogP contribution in [0.1, 0.15) is 32.2 Å². The van der Waals surface area contributed by atoms with Gasteiger partial charge in [0.25, 0.3) is 0 Å². The first-order valence-corrected chi connectivity index (χ1v) is 7.36. The van der Waals surface area contributed by atoms with E-state index in [-0.39, 0.29) is 5.54 Å². The number of aryl methyl sites for hydroxylation is 1. The van der Waals surface area contributed by atoms with E-state index in [4.69, 9.17) is 0 Å². The van der Waals surface area contributed by atoms with Gasteiger partial charge in [0, 0.05) is 17.8 Å². The van der Waals surface area contributed by atoms with Crippen molar-refractivity contribution in [1.82, 2.24) is 35.8 Å². The maximum Gasteiger partial charge on any atom is 0.209 e. The molecule has 0 aliphatic heterocycles. The number of thioether (sulfide) groups is 1. The summed E-state index contributed by atoms with van der Waals surface area (Å²) in [5, 5.41) is 23.5. The summed E-state index contributed by atoms with van der Waals surface area (Å²) in [7, 11) is 0. The van der Waals surface area contributed by atoms with Crippen molar-refractivity contribution in [3.63, 3.8) is 0 Å². The highest BCUT2D eigenvalue weighted by molar-refractivity contribution is 7.98. The monoisotopic (exact) mass is 297 g/mol. The number of rotatable bonds is 6. The first-order valence-electron chi connectivity index (χ1n) is 6.38. The molecule has 0 fully saturated rings. The summed E-state index contributed by atoms with van der Waals surface area (Å²) in [5.74, 6) is 0.641. The van der Waals surface area contributed by atoms with E-state index >= 15 is 0 Å². The van der Waals surface area contributed by atoms with Gasteiger partial charge in [-0.15, -0.1) is 5.10 Å². The molecule has 2 heterocycles. The molecule has 0 aromatic carbocycles. The Kier molecular flexibility index (Phi) is 4.71. The van der Waals surface area contributed by atoms with Gasteiger partial charge in [-0.3, -0.25) is 0 Å². The zero-order valence-corrected chi connectivity index (χ0v) is 12.9. The van der Waals surface area contributed by atoms with Crippen LogP contribution in [0, 0.1) is 6.92 Å². The van der Waals surface area contributed by atoms with Crippen LogP contribution in [0.3, 0.4) is 0 Å². The fourth-order valence-corrected chi connectivity index (χ4v) is 2.39. The van der Waals surface area contributed by atoms with E-state index in [1.54, 1.807) is 4.68 Å². The third-order valence-corrected chi connectivity index (χ3v) is 3.53. The van der Waals surface area contributed by atoms with Crippen molar-refractivity contribution in [1.29, 1.82) is 0 Å². The highest BCUT2D eigenvalue weighted by Gasteiger charge is 2.12. The second kappa shape index (κ2) is 6.31. The smallest absolute Gasteiger partial charge is 0.209 e. The van der Waals surface area contributed by atoms with Gasteiger partial charge in [-0.1, -0.05) is 22.1 Å². The fourth-order valence-electron chi connectivity index (χ4n) is 1.49. The molecule has 110 valence electrons. The van der Waals surface area contributed by atoms with Crippen molar-refractivity contribution >= 4 is 11.8 Å². The molecule has 2 rings (SSSR count). The average molecular weight is 297 g/mol. The molecule has 0 spiro atoms. The van der Waals surface area contributed by atoms with Crippen LogP contribution < -0.4 is 5.32 Å². The lowest BCUT2D eigenvalue weighted by Gasteiger charge is -2.20. The topological polar surface area (TPSA) is 94.6 Å². The SMILES string of the molecule is Cc1nonc1CSc1nnnn1CCNC(C)(C)C. The van der Waals surface area contributed by atoms with Crippen molar-refractivity contribution in [3.05, 3.63) is 11.4 Å². The average Bonchev–Trinajstić information content (AvgIpc) is 2.94. The van der Waals surface area contributed by atoms with Gasteiger partial charge in [0.05, 0.1) is 6.54 Å². The minimum absolute atomic E-state index is 0.0881. The molecular formula is C11H19N7OS. The molecule has 0 saturated heterocycles. The molecule has 2 aromatic rings. The molecule has 20 heavy (non-hydrogen) atoms. The Morgan fingerprint density at radius 1 is 1.30 bits per heavy atom. The Morgan fingerprint density at radius 2 is 2.10 bits per heavy atom. The van der Waals surface area contributed by atoms with Crippen molar-refractivity contribution in [2.45, 2.75) is 50.7 Å². The zero-order chi connectivity index (χ0) is 14.6. The summed E-state index contributed by atoms with van der Waals surface area (Å²) in [5.41, 5.74) is 1.70. The molecule has 0 unspecified atom stereocenters. The predicted molar refractivity (Wildman–Crippen MR) is 74.2 cm³/mol. The molecule has 9 heteroatoms. The maximum absolute atomic E-state index is 4.67.